The van der Waals surface area contributed by atoms with Gasteiger partial charge in [-0.05, 0) is 34.5 Å². The number of sulfonamides is 1. The first-order valence-electron chi connectivity index (χ1n) is 4.99. The topological polar surface area (TPSA) is 55.4 Å². The Morgan fingerprint density at radius 2 is 2.11 bits per heavy atom. The van der Waals surface area contributed by atoms with Crippen molar-refractivity contribution in [2.45, 2.75) is 6.42 Å². The Balaban J connectivity index is 3.03. The molecule has 0 radical (unpaired) electrons. The van der Waals surface area contributed by atoms with Crippen LogP contribution in [0.1, 0.15) is 6.42 Å². The highest BCUT2D eigenvalue weighted by Gasteiger charge is 2.16. The first-order valence-corrected chi connectivity index (χ1v) is 8.35. The van der Waals surface area contributed by atoms with Crippen LogP contribution in [0.3, 0.4) is 0 Å². The van der Waals surface area contributed by atoms with Crippen LogP contribution in [-0.2, 0) is 10.0 Å². The van der Waals surface area contributed by atoms with E-state index in [1.807, 2.05) is 0 Å². The molecule has 0 amide bonds. The summed E-state index contributed by atoms with van der Waals surface area (Å²) in [5, 5.41) is 0.401. The fourth-order valence-electron chi connectivity index (χ4n) is 1.31. The van der Waals surface area contributed by atoms with Crippen LogP contribution in [0.5, 0.6) is 5.75 Å². The molecule has 0 fully saturated rings. The van der Waals surface area contributed by atoms with E-state index in [0.29, 0.717) is 27.4 Å². The van der Waals surface area contributed by atoms with Crippen molar-refractivity contribution in [3.63, 3.8) is 0 Å². The normalized spacial score (nSPS) is 11.3. The van der Waals surface area contributed by atoms with Gasteiger partial charge in [0.1, 0.15) is 0 Å². The summed E-state index contributed by atoms with van der Waals surface area (Å²) in [6.07, 6.45) is 0.376. The van der Waals surface area contributed by atoms with Gasteiger partial charge in [-0.15, -0.1) is 11.6 Å². The predicted molar refractivity (Wildman–Crippen MR) is 78.5 cm³/mol. The van der Waals surface area contributed by atoms with E-state index >= 15 is 0 Å². The molecule has 1 N–H and O–H groups in total. The second-order valence-electron chi connectivity index (χ2n) is 3.43. The molecule has 1 aromatic rings. The van der Waals surface area contributed by atoms with Crippen LogP contribution in [0.25, 0.3) is 0 Å². The minimum Gasteiger partial charge on any atom is -0.493 e. The Kier molecular flexibility index (Phi) is 6.04. The first kappa shape index (κ1) is 15.9. The summed E-state index contributed by atoms with van der Waals surface area (Å²) < 4.78 is 31.7. The quantitative estimate of drug-likeness (QED) is 0.773. The highest BCUT2D eigenvalue weighted by molar-refractivity contribution is 9.10. The molecule has 0 saturated heterocycles. The lowest BCUT2D eigenvalue weighted by molar-refractivity contribution is 0.414. The fraction of sp³-hybridized carbons (Fsp3) is 0.400. The molecule has 0 aliphatic heterocycles. The highest BCUT2D eigenvalue weighted by Crippen LogP contribution is 2.36. The van der Waals surface area contributed by atoms with Crippen LogP contribution < -0.4 is 9.46 Å². The number of benzene rings is 1. The zero-order valence-electron chi connectivity index (χ0n) is 9.54. The van der Waals surface area contributed by atoms with Gasteiger partial charge in [0.2, 0.25) is 10.0 Å². The Labute approximate surface area is 125 Å². The molecule has 0 spiro atoms. The molecule has 0 bridgehead atoms. The van der Waals surface area contributed by atoms with Gasteiger partial charge < -0.3 is 4.74 Å². The molecule has 0 aliphatic carbocycles. The number of ether oxygens (including phenoxy) is 1. The SMILES string of the molecule is COc1c(Br)cc(Cl)cc1NS(=O)(=O)CCCCl. The molecule has 0 heterocycles. The van der Waals surface area contributed by atoms with E-state index in [1.54, 1.807) is 6.07 Å². The van der Waals surface area contributed by atoms with E-state index in [1.165, 1.54) is 13.2 Å². The van der Waals surface area contributed by atoms with Crippen LogP contribution in [0.15, 0.2) is 16.6 Å². The number of hydrogen-bond acceptors (Lipinski definition) is 3. The largest absolute Gasteiger partial charge is 0.493 e. The van der Waals surface area contributed by atoms with Crippen LogP contribution in [-0.4, -0.2) is 27.2 Å². The van der Waals surface area contributed by atoms with Gasteiger partial charge in [0.15, 0.2) is 5.75 Å². The summed E-state index contributed by atoms with van der Waals surface area (Å²) >= 11 is 14.6. The van der Waals surface area contributed by atoms with Crippen molar-refractivity contribution < 1.29 is 13.2 Å². The maximum absolute atomic E-state index is 11.8. The monoisotopic (exact) mass is 375 g/mol. The standard InChI is InChI=1S/C10H12BrCl2NO3S/c1-17-10-8(11)5-7(13)6-9(10)14-18(15,16)4-2-3-12/h5-6,14H,2-4H2,1H3. The minimum atomic E-state index is -3.46. The molecule has 102 valence electrons. The lowest BCUT2D eigenvalue weighted by Crippen LogP contribution is -2.17. The zero-order chi connectivity index (χ0) is 13.8. The molecule has 18 heavy (non-hydrogen) atoms. The van der Waals surface area contributed by atoms with Crippen LogP contribution in [0, 0.1) is 0 Å². The molecule has 0 aromatic heterocycles. The Morgan fingerprint density at radius 1 is 1.44 bits per heavy atom. The maximum Gasteiger partial charge on any atom is 0.232 e. The Hall–Kier alpha value is -0.170. The third-order valence-corrected chi connectivity index (χ3v) is 4.46. The third-order valence-electron chi connectivity index (χ3n) is 2.02. The van der Waals surface area contributed by atoms with Crippen molar-refractivity contribution >= 4 is 54.8 Å². The van der Waals surface area contributed by atoms with Gasteiger partial charge in [0.25, 0.3) is 0 Å². The van der Waals surface area contributed by atoms with Crippen LogP contribution >= 0.6 is 39.1 Å². The molecule has 0 saturated carbocycles. The Bertz CT molecular complexity index is 522. The van der Waals surface area contributed by atoms with E-state index in [-0.39, 0.29) is 11.6 Å². The fourth-order valence-corrected chi connectivity index (χ4v) is 3.68. The van der Waals surface area contributed by atoms with Gasteiger partial charge in [0.05, 0.1) is 23.0 Å². The summed E-state index contributed by atoms with van der Waals surface area (Å²) in [4.78, 5) is 0. The van der Waals surface area contributed by atoms with Gasteiger partial charge in [-0.3, -0.25) is 4.72 Å². The van der Waals surface area contributed by atoms with Crippen molar-refractivity contribution in [1.82, 2.24) is 0 Å². The third kappa shape index (κ3) is 4.50. The molecule has 1 aromatic carbocycles. The molecule has 0 aliphatic rings. The number of nitrogens with one attached hydrogen (secondary N) is 1. The molecule has 1 rings (SSSR count). The van der Waals surface area contributed by atoms with E-state index in [9.17, 15) is 8.42 Å². The lowest BCUT2D eigenvalue weighted by atomic mass is 10.3. The van der Waals surface area contributed by atoms with Gasteiger partial charge in [-0.25, -0.2) is 8.42 Å². The predicted octanol–water partition coefficient (Wildman–Crippen LogP) is 3.48. The summed E-state index contributed by atoms with van der Waals surface area (Å²) in [6, 6.07) is 3.11. The van der Waals surface area contributed by atoms with Gasteiger partial charge in [0, 0.05) is 10.9 Å². The van der Waals surface area contributed by atoms with Crippen LogP contribution in [0.2, 0.25) is 5.02 Å². The van der Waals surface area contributed by atoms with Crippen molar-refractivity contribution in [1.29, 1.82) is 0 Å². The van der Waals surface area contributed by atoms with Crippen LogP contribution in [0.4, 0.5) is 5.69 Å². The number of rotatable bonds is 6. The molecule has 0 unspecified atom stereocenters. The van der Waals surface area contributed by atoms with Crippen molar-refractivity contribution in [2.24, 2.45) is 0 Å². The van der Waals surface area contributed by atoms with Gasteiger partial charge in [-0.2, -0.15) is 0 Å². The summed E-state index contributed by atoms with van der Waals surface area (Å²) in [5.41, 5.74) is 0.298. The maximum atomic E-state index is 11.8. The highest BCUT2D eigenvalue weighted by atomic mass is 79.9. The molecule has 8 heteroatoms. The molecular formula is C10H12BrCl2NO3S. The van der Waals surface area contributed by atoms with Crippen molar-refractivity contribution in [2.75, 3.05) is 23.5 Å². The average Bonchev–Trinajstić information content (AvgIpc) is 2.25. The average molecular weight is 377 g/mol. The van der Waals surface area contributed by atoms with E-state index < -0.39 is 10.0 Å². The number of methoxy groups -OCH3 is 1. The van der Waals surface area contributed by atoms with Gasteiger partial charge in [-0.1, -0.05) is 11.6 Å². The number of hydrogen-bond donors (Lipinski definition) is 1. The van der Waals surface area contributed by atoms with E-state index in [2.05, 4.69) is 20.7 Å². The molecule has 4 nitrogen and oxygen atoms in total. The summed E-state index contributed by atoms with van der Waals surface area (Å²) in [7, 11) is -2.01. The second-order valence-corrected chi connectivity index (χ2v) is 6.94. The summed E-state index contributed by atoms with van der Waals surface area (Å²) in [6.45, 7) is 0. The molecular weight excluding hydrogens is 365 g/mol. The zero-order valence-corrected chi connectivity index (χ0v) is 13.5. The van der Waals surface area contributed by atoms with E-state index in [0.717, 1.165) is 0 Å². The lowest BCUT2D eigenvalue weighted by Gasteiger charge is -2.13. The number of halogens is 3. The molecule has 0 atom stereocenters. The summed E-state index contributed by atoms with van der Waals surface area (Å²) in [5.74, 6) is 0.620. The Morgan fingerprint density at radius 3 is 2.67 bits per heavy atom. The number of anilines is 1. The first-order chi connectivity index (χ1) is 8.39. The second kappa shape index (κ2) is 6.84. The van der Waals surface area contributed by atoms with Gasteiger partial charge >= 0.3 is 0 Å². The minimum absolute atomic E-state index is 0.0518. The van der Waals surface area contributed by atoms with E-state index in [4.69, 9.17) is 27.9 Å². The number of alkyl halides is 1. The van der Waals surface area contributed by atoms with Crippen molar-refractivity contribution in [3.8, 4) is 5.75 Å². The smallest absolute Gasteiger partial charge is 0.232 e. The van der Waals surface area contributed by atoms with Crippen molar-refractivity contribution in [3.05, 3.63) is 21.6 Å².